The molecule has 1 atom stereocenters. The van der Waals surface area contributed by atoms with Gasteiger partial charge in [-0.05, 0) is 49.4 Å². The molecule has 150 valence electrons. The first-order valence-corrected chi connectivity index (χ1v) is 10.8. The van der Waals surface area contributed by atoms with Crippen LogP contribution >= 0.6 is 0 Å². The van der Waals surface area contributed by atoms with Crippen LogP contribution < -0.4 is 14.9 Å². The molecular weight excluding hydrogens is 386 g/mol. The Bertz CT molecular complexity index is 949. The van der Waals surface area contributed by atoms with Crippen LogP contribution in [0.1, 0.15) is 19.3 Å². The van der Waals surface area contributed by atoms with E-state index in [1.165, 1.54) is 24.4 Å². The number of hydrogen-bond acceptors (Lipinski definition) is 5. The maximum atomic E-state index is 14.0. The van der Waals surface area contributed by atoms with E-state index in [9.17, 15) is 17.2 Å². The number of hydrogen-bond donors (Lipinski definition) is 2. The third-order valence-electron chi connectivity index (χ3n) is 5.10. The maximum absolute atomic E-state index is 14.0. The summed E-state index contributed by atoms with van der Waals surface area (Å²) in [6.07, 6.45) is 4.25. The van der Waals surface area contributed by atoms with Crippen LogP contribution in [0, 0.1) is 17.6 Å². The lowest BCUT2D eigenvalue weighted by Crippen LogP contribution is -2.27. The Morgan fingerprint density at radius 1 is 1.14 bits per heavy atom. The molecule has 0 radical (unpaired) electrons. The second-order valence-electron chi connectivity index (χ2n) is 7.35. The molecule has 4 rings (SSSR count). The fourth-order valence-corrected chi connectivity index (χ4v) is 4.36. The van der Waals surface area contributed by atoms with Crippen molar-refractivity contribution in [2.45, 2.75) is 30.2 Å². The number of rotatable bonds is 7. The number of nitrogens with one attached hydrogen (secondary N) is 2. The summed E-state index contributed by atoms with van der Waals surface area (Å²) in [5.41, 5.74) is 0.377. The fraction of sp³-hybridized carbons (Fsp3) is 0.421. The Balaban J connectivity index is 1.35. The Labute approximate surface area is 163 Å². The number of halogens is 2. The zero-order valence-corrected chi connectivity index (χ0v) is 16.1. The highest BCUT2D eigenvalue weighted by atomic mass is 32.2. The van der Waals surface area contributed by atoms with Gasteiger partial charge in [0.2, 0.25) is 10.0 Å². The average molecular weight is 408 g/mol. The van der Waals surface area contributed by atoms with E-state index < -0.39 is 21.7 Å². The van der Waals surface area contributed by atoms with Crippen LogP contribution in [0.15, 0.2) is 41.4 Å². The molecule has 9 heteroatoms. The molecule has 0 amide bonds. The summed E-state index contributed by atoms with van der Waals surface area (Å²) in [5.74, 6) is -0.152. The zero-order chi connectivity index (χ0) is 19.7. The van der Waals surface area contributed by atoms with Gasteiger partial charge in [-0.15, -0.1) is 0 Å². The van der Waals surface area contributed by atoms with Crippen LogP contribution in [-0.4, -0.2) is 39.1 Å². The molecule has 1 aromatic heterocycles. The number of nitrogens with zero attached hydrogens (tertiary/aromatic N) is 2. The highest BCUT2D eigenvalue weighted by Crippen LogP contribution is 2.28. The molecule has 0 spiro atoms. The summed E-state index contributed by atoms with van der Waals surface area (Å²) in [4.78, 5) is 6.20. The molecule has 1 aliphatic carbocycles. The number of benzene rings is 1. The molecule has 2 fully saturated rings. The molecule has 1 saturated heterocycles. The second-order valence-corrected chi connectivity index (χ2v) is 9.11. The minimum absolute atomic E-state index is 0.0346. The summed E-state index contributed by atoms with van der Waals surface area (Å²) >= 11 is 0. The molecule has 1 unspecified atom stereocenters. The first-order chi connectivity index (χ1) is 13.4. The van der Waals surface area contributed by atoms with E-state index in [2.05, 4.69) is 15.0 Å². The van der Waals surface area contributed by atoms with Crippen LogP contribution in [0.5, 0.6) is 0 Å². The quantitative estimate of drug-likeness (QED) is 0.737. The van der Waals surface area contributed by atoms with Gasteiger partial charge in [-0.1, -0.05) is 0 Å². The van der Waals surface area contributed by atoms with Gasteiger partial charge in [0.1, 0.15) is 22.3 Å². The molecule has 2 aliphatic rings. The van der Waals surface area contributed by atoms with Crippen LogP contribution in [-0.2, 0) is 10.0 Å². The second kappa shape index (κ2) is 7.63. The fourth-order valence-electron chi connectivity index (χ4n) is 3.30. The van der Waals surface area contributed by atoms with Crippen molar-refractivity contribution in [1.82, 2.24) is 9.71 Å². The molecule has 6 nitrogen and oxygen atoms in total. The summed E-state index contributed by atoms with van der Waals surface area (Å²) in [6.45, 7) is 1.66. The first kappa shape index (κ1) is 19.1. The topological polar surface area (TPSA) is 74.3 Å². The molecule has 1 aromatic carbocycles. The molecule has 28 heavy (non-hydrogen) atoms. The van der Waals surface area contributed by atoms with E-state index in [4.69, 9.17) is 0 Å². The molecule has 2 aromatic rings. The van der Waals surface area contributed by atoms with Gasteiger partial charge in [0.15, 0.2) is 0 Å². The lowest BCUT2D eigenvalue weighted by atomic mass is 10.2. The van der Waals surface area contributed by atoms with Crippen LogP contribution in [0.4, 0.5) is 20.3 Å². The molecule has 2 heterocycles. The first-order valence-electron chi connectivity index (χ1n) is 9.33. The van der Waals surface area contributed by atoms with E-state index in [0.717, 1.165) is 25.3 Å². The maximum Gasteiger partial charge on any atom is 0.242 e. The number of anilines is 2. The van der Waals surface area contributed by atoms with Gasteiger partial charge in [-0.3, -0.25) is 0 Å². The van der Waals surface area contributed by atoms with Gasteiger partial charge in [-0.25, -0.2) is 26.9 Å². The minimum atomic E-state index is -3.53. The minimum Gasteiger partial charge on any atom is -0.367 e. The van der Waals surface area contributed by atoms with Crippen LogP contribution in [0.25, 0.3) is 0 Å². The van der Waals surface area contributed by atoms with E-state index >= 15 is 0 Å². The lowest BCUT2D eigenvalue weighted by molar-refractivity contribution is 0.577. The smallest absolute Gasteiger partial charge is 0.242 e. The average Bonchev–Trinajstić information content (AvgIpc) is 3.39. The standard InChI is InChI=1S/C19H22F2N4O2S/c20-14-3-5-18(17(21)9-14)25-8-7-15(12-25)24-19-6-4-16(11-22-19)28(26,27)23-10-13-1-2-13/h3-6,9,11,13,15,23H,1-2,7-8,10,12H2,(H,22,24). The van der Waals surface area contributed by atoms with Crippen molar-refractivity contribution in [3.63, 3.8) is 0 Å². The summed E-state index contributed by atoms with van der Waals surface area (Å²) in [6, 6.07) is 6.77. The van der Waals surface area contributed by atoms with Gasteiger partial charge >= 0.3 is 0 Å². The zero-order valence-electron chi connectivity index (χ0n) is 15.2. The Kier molecular flexibility index (Phi) is 5.20. The van der Waals surface area contributed by atoms with E-state index in [1.807, 2.05) is 4.90 Å². The van der Waals surface area contributed by atoms with Crippen molar-refractivity contribution >= 4 is 21.5 Å². The Hall–Kier alpha value is -2.26. The van der Waals surface area contributed by atoms with Crippen molar-refractivity contribution in [2.75, 3.05) is 29.9 Å². The van der Waals surface area contributed by atoms with Gasteiger partial charge in [0.05, 0.1) is 5.69 Å². The number of sulfonamides is 1. The van der Waals surface area contributed by atoms with Crippen molar-refractivity contribution in [1.29, 1.82) is 0 Å². The molecular formula is C19H22F2N4O2S. The van der Waals surface area contributed by atoms with Gasteiger partial charge < -0.3 is 10.2 Å². The highest BCUT2D eigenvalue weighted by Gasteiger charge is 2.26. The van der Waals surface area contributed by atoms with Crippen LogP contribution in [0.2, 0.25) is 0 Å². The lowest BCUT2D eigenvalue weighted by Gasteiger charge is -2.20. The summed E-state index contributed by atoms with van der Waals surface area (Å²) < 4.78 is 54.1. The largest absolute Gasteiger partial charge is 0.367 e. The van der Waals surface area contributed by atoms with Gasteiger partial charge in [-0.2, -0.15) is 0 Å². The molecule has 2 N–H and O–H groups in total. The van der Waals surface area contributed by atoms with Crippen LogP contribution in [0.3, 0.4) is 0 Å². The van der Waals surface area contributed by atoms with E-state index in [0.29, 0.717) is 37.1 Å². The van der Waals surface area contributed by atoms with E-state index in [-0.39, 0.29) is 10.9 Å². The van der Waals surface area contributed by atoms with Gasteiger partial charge in [0.25, 0.3) is 0 Å². The molecule has 1 aliphatic heterocycles. The molecule has 0 bridgehead atoms. The van der Waals surface area contributed by atoms with E-state index in [1.54, 1.807) is 6.07 Å². The Morgan fingerprint density at radius 2 is 1.96 bits per heavy atom. The Morgan fingerprint density at radius 3 is 2.64 bits per heavy atom. The predicted molar refractivity (Wildman–Crippen MR) is 103 cm³/mol. The van der Waals surface area contributed by atoms with Crippen molar-refractivity contribution in [2.24, 2.45) is 5.92 Å². The van der Waals surface area contributed by atoms with Gasteiger partial charge in [0, 0.05) is 37.9 Å². The third-order valence-corrected chi connectivity index (χ3v) is 6.51. The van der Waals surface area contributed by atoms with Crippen molar-refractivity contribution in [3.05, 3.63) is 48.2 Å². The summed E-state index contributed by atoms with van der Waals surface area (Å²) in [5, 5.41) is 3.25. The van der Waals surface area contributed by atoms with Crippen molar-refractivity contribution < 1.29 is 17.2 Å². The monoisotopic (exact) mass is 408 g/mol. The summed E-state index contributed by atoms with van der Waals surface area (Å²) in [7, 11) is -3.53. The SMILES string of the molecule is O=S(=O)(NCC1CC1)c1ccc(NC2CCN(c3ccc(F)cc3F)C2)nc1. The number of pyridine rings is 1. The normalized spacial score (nSPS) is 19.8. The van der Waals surface area contributed by atoms with Crippen molar-refractivity contribution in [3.8, 4) is 0 Å². The molecule has 1 saturated carbocycles. The number of aromatic nitrogens is 1. The third kappa shape index (κ3) is 4.41. The predicted octanol–water partition coefficient (Wildman–Crippen LogP) is 2.74. The highest BCUT2D eigenvalue weighted by molar-refractivity contribution is 7.89.